The monoisotopic (exact) mass is 282 g/mol. The molecule has 1 fully saturated rings. The molecule has 0 amide bonds. The maximum Gasteiger partial charge on any atom is 0.279 e. The summed E-state index contributed by atoms with van der Waals surface area (Å²) in [5.74, 6) is 0. The summed E-state index contributed by atoms with van der Waals surface area (Å²) < 4.78 is 28.4. The van der Waals surface area contributed by atoms with E-state index in [2.05, 4.69) is 16.9 Å². The zero-order chi connectivity index (χ0) is 13.9. The Morgan fingerprint density at radius 3 is 2.21 bits per heavy atom. The second-order valence-electron chi connectivity index (χ2n) is 5.06. The molecule has 1 N–H and O–H groups in total. The summed E-state index contributed by atoms with van der Waals surface area (Å²) in [6.45, 7) is 5.21. The molecule has 0 spiro atoms. The van der Waals surface area contributed by atoms with Crippen LogP contribution in [0.15, 0.2) is 30.3 Å². The lowest BCUT2D eigenvalue weighted by Gasteiger charge is -2.22. The molecule has 1 aromatic carbocycles. The average molecular weight is 282 g/mol. The fraction of sp³-hybridized carbons (Fsp3) is 0.571. The number of nitrogens with zero attached hydrogens (tertiary/aromatic N) is 1. The maximum atomic E-state index is 12.1. The van der Waals surface area contributed by atoms with E-state index in [-0.39, 0.29) is 5.41 Å². The first kappa shape index (κ1) is 14.5. The highest BCUT2D eigenvalue weighted by atomic mass is 32.2. The maximum absolute atomic E-state index is 12.1. The number of rotatable bonds is 7. The Morgan fingerprint density at radius 1 is 1.16 bits per heavy atom. The van der Waals surface area contributed by atoms with Gasteiger partial charge in [0.15, 0.2) is 0 Å². The zero-order valence-corrected chi connectivity index (χ0v) is 12.4. The van der Waals surface area contributed by atoms with Crippen molar-refractivity contribution in [2.45, 2.75) is 32.1 Å². The molecule has 1 aliphatic rings. The molecule has 0 heterocycles. The van der Waals surface area contributed by atoms with Crippen LogP contribution < -0.4 is 4.72 Å². The van der Waals surface area contributed by atoms with Crippen LogP contribution in [-0.4, -0.2) is 32.4 Å². The molecule has 0 saturated heterocycles. The van der Waals surface area contributed by atoms with Crippen molar-refractivity contribution in [1.82, 2.24) is 9.03 Å². The second-order valence-corrected chi connectivity index (χ2v) is 6.81. The topological polar surface area (TPSA) is 49.4 Å². The van der Waals surface area contributed by atoms with E-state index in [0.717, 1.165) is 12.8 Å². The summed E-state index contributed by atoms with van der Waals surface area (Å²) in [6.07, 6.45) is 2.11. The van der Waals surface area contributed by atoms with E-state index in [1.165, 1.54) is 9.87 Å². The third-order valence-corrected chi connectivity index (χ3v) is 5.58. The van der Waals surface area contributed by atoms with Gasteiger partial charge in [-0.1, -0.05) is 44.2 Å². The van der Waals surface area contributed by atoms with Crippen LogP contribution >= 0.6 is 0 Å². The summed E-state index contributed by atoms with van der Waals surface area (Å²) in [6, 6.07) is 10.2. The zero-order valence-electron chi connectivity index (χ0n) is 11.6. The highest BCUT2D eigenvalue weighted by Crippen LogP contribution is 2.47. The standard InChI is InChI=1S/C14H22N2O2S/c1-3-16(4-2)19(17,18)15-12-14(10-11-14)13-8-6-5-7-9-13/h5-9,15H,3-4,10-12H2,1-2H3. The van der Waals surface area contributed by atoms with Crippen LogP contribution in [0.3, 0.4) is 0 Å². The summed E-state index contributed by atoms with van der Waals surface area (Å²) >= 11 is 0. The molecule has 0 aromatic heterocycles. The molecular weight excluding hydrogens is 260 g/mol. The van der Waals surface area contributed by atoms with Crippen LogP contribution in [0.4, 0.5) is 0 Å². The van der Waals surface area contributed by atoms with Crippen molar-refractivity contribution in [3.8, 4) is 0 Å². The van der Waals surface area contributed by atoms with Crippen LogP contribution in [0.1, 0.15) is 32.3 Å². The Balaban J connectivity index is 2.03. The molecule has 19 heavy (non-hydrogen) atoms. The first-order chi connectivity index (χ1) is 9.04. The number of hydrogen-bond donors (Lipinski definition) is 1. The average Bonchev–Trinajstić information content (AvgIpc) is 3.20. The van der Waals surface area contributed by atoms with E-state index in [9.17, 15) is 8.42 Å². The number of benzene rings is 1. The predicted octanol–water partition coefficient (Wildman–Crippen LogP) is 1.89. The quantitative estimate of drug-likeness (QED) is 0.830. The highest BCUT2D eigenvalue weighted by molar-refractivity contribution is 7.87. The van der Waals surface area contributed by atoms with Crippen LogP contribution in [0.25, 0.3) is 0 Å². The van der Waals surface area contributed by atoms with Crippen LogP contribution in [0.2, 0.25) is 0 Å². The first-order valence-corrected chi connectivity index (χ1v) is 8.28. The van der Waals surface area contributed by atoms with Gasteiger partial charge in [-0.2, -0.15) is 12.7 Å². The number of hydrogen-bond acceptors (Lipinski definition) is 2. The van der Waals surface area contributed by atoms with Gasteiger partial charge in [0.05, 0.1) is 0 Å². The van der Waals surface area contributed by atoms with Crippen molar-refractivity contribution in [2.75, 3.05) is 19.6 Å². The lowest BCUT2D eigenvalue weighted by atomic mass is 9.96. The molecule has 4 nitrogen and oxygen atoms in total. The smallest absolute Gasteiger partial charge is 0.201 e. The molecule has 1 saturated carbocycles. The molecule has 1 aliphatic carbocycles. The fourth-order valence-corrected chi connectivity index (χ4v) is 3.72. The van der Waals surface area contributed by atoms with Gasteiger partial charge in [0.25, 0.3) is 10.2 Å². The van der Waals surface area contributed by atoms with Gasteiger partial charge in [0.1, 0.15) is 0 Å². The minimum atomic E-state index is -3.34. The van der Waals surface area contributed by atoms with Gasteiger partial charge >= 0.3 is 0 Å². The predicted molar refractivity (Wildman–Crippen MR) is 77.2 cm³/mol. The Hall–Kier alpha value is -0.910. The van der Waals surface area contributed by atoms with Crippen LogP contribution in [0, 0.1) is 0 Å². The molecule has 2 rings (SSSR count). The van der Waals surface area contributed by atoms with Crippen molar-refractivity contribution in [1.29, 1.82) is 0 Å². The van der Waals surface area contributed by atoms with Gasteiger partial charge in [-0.3, -0.25) is 0 Å². The first-order valence-electron chi connectivity index (χ1n) is 6.84. The fourth-order valence-electron chi connectivity index (χ4n) is 2.39. The molecule has 0 atom stereocenters. The lowest BCUT2D eigenvalue weighted by molar-refractivity contribution is 0.431. The van der Waals surface area contributed by atoms with Crippen molar-refractivity contribution < 1.29 is 8.42 Å². The molecule has 0 unspecified atom stereocenters. The van der Waals surface area contributed by atoms with Gasteiger partial charge < -0.3 is 0 Å². The highest BCUT2D eigenvalue weighted by Gasteiger charge is 2.44. The SMILES string of the molecule is CCN(CC)S(=O)(=O)NCC1(c2ccccc2)CC1. The summed E-state index contributed by atoms with van der Waals surface area (Å²) in [5.41, 5.74) is 1.25. The van der Waals surface area contributed by atoms with Crippen LogP contribution in [0.5, 0.6) is 0 Å². The van der Waals surface area contributed by atoms with Crippen molar-refractivity contribution in [3.05, 3.63) is 35.9 Å². The second kappa shape index (κ2) is 5.61. The lowest BCUT2D eigenvalue weighted by Crippen LogP contribution is -2.43. The molecular formula is C14H22N2O2S. The van der Waals surface area contributed by atoms with E-state index in [1.807, 2.05) is 32.0 Å². The van der Waals surface area contributed by atoms with Gasteiger partial charge in [0, 0.05) is 25.0 Å². The summed E-state index contributed by atoms with van der Waals surface area (Å²) in [5, 5.41) is 0. The normalized spacial score (nSPS) is 17.6. The van der Waals surface area contributed by atoms with Gasteiger partial charge in [0.2, 0.25) is 0 Å². The molecule has 1 aromatic rings. The summed E-state index contributed by atoms with van der Waals surface area (Å²) in [7, 11) is -3.34. The Morgan fingerprint density at radius 2 is 1.74 bits per heavy atom. The van der Waals surface area contributed by atoms with E-state index in [4.69, 9.17) is 0 Å². The van der Waals surface area contributed by atoms with Crippen molar-refractivity contribution in [2.24, 2.45) is 0 Å². The molecule has 0 aliphatic heterocycles. The van der Waals surface area contributed by atoms with Gasteiger partial charge in [-0.15, -0.1) is 0 Å². The Labute approximate surface area is 116 Å². The van der Waals surface area contributed by atoms with E-state index in [0.29, 0.717) is 19.6 Å². The Bertz CT molecular complexity index is 506. The number of nitrogens with one attached hydrogen (secondary N) is 1. The van der Waals surface area contributed by atoms with Crippen molar-refractivity contribution >= 4 is 10.2 Å². The third kappa shape index (κ3) is 3.16. The Kier molecular flexibility index (Phi) is 4.28. The summed E-state index contributed by atoms with van der Waals surface area (Å²) in [4.78, 5) is 0. The van der Waals surface area contributed by atoms with E-state index in [1.54, 1.807) is 0 Å². The minimum absolute atomic E-state index is 0.0154. The van der Waals surface area contributed by atoms with Gasteiger partial charge in [-0.25, -0.2) is 4.72 Å². The minimum Gasteiger partial charge on any atom is -0.201 e. The largest absolute Gasteiger partial charge is 0.279 e. The van der Waals surface area contributed by atoms with E-state index < -0.39 is 10.2 Å². The van der Waals surface area contributed by atoms with E-state index >= 15 is 0 Å². The molecule has 106 valence electrons. The molecule has 0 radical (unpaired) electrons. The third-order valence-electron chi connectivity index (χ3n) is 3.88. The van der Waals surface area contributed by atoms with Gasteiger partial charge in [-0.05, 0) is 18.4 Å². The van der Waals surface area contributed by atoms with Crippen LogP contribution in [-0.2, 0) is 15.6 Å². The van der Waals surface area contributed by atoms with Crippen molar-refractivity contribution in [3.63, 3.8) is 0 Å². The molecule has 0 bridgehead atoms. The molecule has 5 heteroatoms.